The summed E-state index contributed by atoms with van der Waals surface area (Å²) in [6.45, 7) is 1.32. The lowest BCUT2D eigenvalue weighted by Crippen LogP contribution is -2.25. The first-order chi connectivity index (χ1) is 4.84. The van der Waals surface area contributed by atoms with Crippen molar-refractivity contribution in [1.29, 1.82) is 0 Å². The van der Waals surface area contributed by atoms with E-state index in [1.807, 2.05) is 0 Å². The van der Waals surface area contributed by atoms with Gasteiger partial charge in [0.1, 0.15) is 0 Å². The number of aliphatic hydroxyl groups excluding tert-OH is 1. The molecule has 0 aliphatic carbocycles. The molecule has 0 aromatic rings. The van der Waals surface area contributed by atoms with Gasteiger partial charge >= 0.3 is 6.18 Å². The average Bonchev–Trinajstić information content (AvgIpc) is 1.80. The summed E-state index contributed by atoms with van der Waals surface area (Å²) in [5.41, 5.74) is 0. The lowest BCUT2D eigenvalue weighted by Gasteiger charge is -2.12. The van der Waals surface area contributed by atoms with Gasteiger partial charge in [-0.3, -0.25) is 0 Å². The molecule has 2 unspecified atom stereocenters. The molecule has 0 aromatic heterocycles. The monoisotopic (exact) mass is 174 g/mol. The molecule has 2 atom stereocenters. The highest BCUT2D eigenvalue weighted by atomic mass is 19.4. The lowest BCUT2D eigenvalue weighted by atomic mass is 10.1. The molecule has 0 rings (SSSR count). The van der Waals surface area contributed by atoms with E-state index in [9.17, 15) is 17.6 Å². The standard InChI is InChI=1S/C6H10F4O/c1-4(11)2-3-5(7)6(8,9)10/h4-5,11H,2-3H2,1H3. The Morgan fingerprint density at radius 3 is 2.00 bits per heavy atom. The van der Waals surface area contributed by atoms with Crippen molar-refractivity contribution in [3.63, 3.8) is 0 Å². The molecule has 11 heavy (non-hydrogen) atoms. The highest BCUT2D eigenvalue weighted by Crippen LogP contribution is 2.26. The van der Waals surface area contributed by atoms with Crippen molar-refractivity contribution in [2.45, 2.75) is 38.2 Å². The van der Waals surface area contributed by atoms with Crippen LogP contribution in [-0.4, -0.2) is 23.6 Å². The predicted octanol–water partition coefficient (Wildman–Crippen LogP) is 2.05. The molecule has 1 nitrogen and oxygen atoms in total. The summed E-state index contributed by atoms with van der Waals surface area (Å²) in [5.74, 6) is 0. The number of aliphatic hydroxyl groups is 1. The molecular weight excluding hydrogens is 164 g/mol. The van der Waals surface area contributed by atoms with Crippen molar-refractivity contribution >= 4 is 0 Å². The lowest BCUT2D eigenvalue weighted by molar-refractivity contribution is -0.183. The number of halogens is 4. The van der Waals surface area contributed by atoms with Crippen molar-refractivity contribution < 1.29 is 22.7 Å². The molecule has 0 fully saturated rings. The Bertz CT molecular complexity index is 110. The van der Waals surface area contributed by atoms with Crippen molar-refractivity contribution in [2.75, 3.05) is 0 Å². The van der Waals surface area contributed by atoms with Gasteiger partial charge in [-0.1, -0.05) is 0 Å². The summed E-state index contributed by atoms with van der Waals surface area (Å²) in [6, 6.07) is 0. The van der Waals surface area contributed by atoms with Crippen LogP contribution in [0.2, 0.25) is 0 Å². The molecule has 0 saturated heterocycles. The Kier molecular flexibility index (Phi) is 3.78. The van der Waals surface area contributed by atoms with Gasteiger partial charge in [0, 0.05) is 0 Å². The molecule has 0 spiro atoms. The molecule has 0 aromatic carbocycles. The maximum Gasteiger partial charge on any atom is 0.419 e. The highest BCUT2D eigenvalue weighted by molar-refractivity contribution is 4.66. The second-order valence-electron chi connectivity index (χ2n) is 2.44. The van der Waals surface area contributed by atoms with Crippen LogP contribution < -0.4 is 0 Å². The minimum absolute atomic E-state index is 0.166. The van der Waals surface area contributed by atoms with Gasteiger partial charge in [0.15, 0.2) is 6.17 Å². The third-order valence-corrected chi connectivity index (χ3v) is 1.19. The largest absolute Gasteiger partial charge is 0.419 e. The summed E-state index contributed by atoms with van der Waals surface area (Å²) < 4.78 is 46.4. The van der Waals surface area contributed by atoms with Crippen molar-refractivity contribution in [2.24, 2.45) is 0 Å². The first-order valence-electron chi connectivity index (χ1n) is 3.23. The molecule has 0 radical (unpaired) electrons. The van der Waals surface area contributed by atoms with Crippen molar-refractivity contribution in [3.05, 3.63) is 0 Å². The van der Waals surface area contributed by atoms with Crippen LogP contribution in [0.25, 0.3) is 0 Å². The van der Waals surface area contributed by atoms with E-state index in [1.165, 1.54) is 6.92 Å². The normalized spacial score (nSPS) is 18.0. The molecule has 0 heterocycles. The molecular formula is C6H10F4O. The first-order valence-corrected chi connectivity index (χ1v) is 3.23. The third-order valence-electron chi connectivity index (χ3n) is 1.19. The Hall–Kier alpha value is -0.320. The zero-order valence-electron chi connectivity index (χ0n) is 6.03. The second kappa shape index (κ2) is 3.90. The molecule has 0 amide bonds. The minimum atomic E-state index is -4.78. The van der Waals surface area contributed by atoms with Crippen molar-refractivity contribution in [1.82, 2.24) is 0 Å². The Labute approximate surface area is 62.0 Å². The van der Waals surface area contributed by atoms with Crippen LogP contribution in [0.3, 0.4) is 0 Å². The van der Waals surface area contributed by atoms with Crippen LogP contribution in [0, 0.1) is 0 Å². The fourth-order valence-electron chi connectivity index (χ4n) is 0.551. The Morgan fingerprint density at radius 2 is 1.73 bits per heavy atom. The molecule has 5 heteroatoms. The van der Waals surface area contributed by atoms with E-state index < -0.39 is 24.9 Å². The Balaban J connectivity index is 3.61. The van der Waals surface area contributed by atoms with E-state index >= 15 is 0 Å². The van der Waals surface area contributed by atoms with Crippen LogP contribution in [0.1, 0.15) is 19.8 Å². The number of rotatable bonds is 3. The van der Waals surface area contributed by atoms with E-state index in [1.54, 1.807) is 0 Å². The smallest absolute Gasteiger partial charge is 0.393 e. The quantitative estimate of drug-likeness (QED) is 0.649. The maximum atomic E-state index is 12.0. The van der Waals surface area contributed by atoms with Gasteiger partial charge in [-0.15, -0.1) is 0 Å². The molecule has 0 aliphatic heterocycles. The zero-order chi connectivity index (χ0) is 9.07. The van der Waals surface area contributed by atoms with Crippen LogP contribution in [0.4, 0.5) is 17.6 Å². The van der Waals surface area contributed by atoms with E-state index in [0.717, 1.165) is 0 Å². The maximum absolute atomic E-state index is 12.0. The summed E-state index contributed by atoms with van der Waals surface area (Å²) in [7, 11) is 0. The average molecular weight is 174 g/mol. The van der Waals surface area contributed by atoms with Gasteiger partial charge in [-0.25, -0.2) is 4.39 Å². The summed E-state index contributed by atoms with van der Waals surface area (Å²) in [6.07, 6.45) is -9.30. The van der Waals surface area contributed by atoms with Crippen LogP contribution in [0.5, 0.6) is 0 Å². The Morgan fingerprint density at radius 1 is 1.27 bits per heavy atom. The summed E-state index contributed by atoms with van der Waals surface area (Å²) >= 11 is 0. The summed E-state index contributed by atoms with van der Waals surface area (Å²) in [5, 5.41) is 8.53. The predicted molar refractivity (Wildman–Crippen MR) is 31.9 cm³/mol. The van der Waals surface area contributed by atoms with E-state index in [0.29, 0.717) is 0 Å². The fourth-order valence-corrected chi connectivity index (χ4v) is 0.551. The molecule has 1 N–H and O–H groups in total. The van der Waals surface area contributed by atoms with Gasteiger partial charge in [-0.2, -0.15) is 13.2 Å². The number of hydrogen-bond acceptors (Lipinski definition) is 1. The summed E-state index contributed by atoms with van der Waals surface area (Å²) in [4.78, 5) is 0. The van der Waals surface area contributed by atoms with E-state index in [-0.39, 0.29) is 6.42 Å². The molecule has 0 bridgehead atoms. The van der Waals surface area contributed by atoms with Crippen molar-refractivity contribution in [3.8, 4) is 0 Å². The molecule has 0 aliphatic rings. The van der Waals surface area contributed by atoms with Gasteiger partial charge in [0.05, 0.1) is 6.10 Å². The first kappa shape index (κ1) is 10.7. The van der Waals surface area contributed by atoms with E-state index in [4.69, 9.17) is 5.11 Å². The third kappa shape index (κ3) is 5.01. The van der Waals surface area contributed by atoms with Crippen LogP contribution >= 0.6 is 0 Å². The zero-order valence-corrected chi connectivity index (χ0v) is 6.03. The molecule has 0 saturated carbocycles. The SMILES string of the molecule is CC(O)CCC(F)C(F)(F)F. The fraction of sp³-hybridized carbons (Fsp3) is 1.00. The topological polar surface area (TPSA) is 20.2 Å². The van der Waals surface area contributed by atoms with Gasteiger partial charge in [0.2, 0.25) is 0 Å². The number of alkyl halides is 4. The number of hydrogen-bond donors (Lipinski definition) is 1. The second-order valence-corrected chi connectivity index (χ2v) is 2.44. The minimum Gasteiger partial charge on any atom is -0.393 e. The van der Waals surface area contributed by atoms with Gasteiger partial charge in [-0.05, 0) is 19.8 Å². The van der Waals surface area contributed by atoms with Crippen LogP contribution in [-0.2, 0) is 0 Å². The highest BCUT2D eigenvalue weighted by Gasteiger charge is 2.39. The van der Waals surface area contributed by atoms with E-state index in [2.05, 4.69) is 0 Å². The molecule has 68 valence electrons. The van der Waals surface area contributed by atoms with Gasteiger partial charge in [0.25, 0.3) is 0 Å². The van der Waals surface area contributed by atoms with Crippen LogP contribution in [0.15, 0.2) is 0 Å². The van der Waals surface area contributed by atoms with Gasteiger partial charge < -0.3 is 5.11 Å².